The van der Waals surface area contributed by atoms with Gasteiger partial charge in [-0.25, -0.2) is 14.4 Å². The minimum absolute atomic E-state index is 0.0749. The van der Waals surface area contributed by atoms with Gasteiger partial charge in [0.1, 0.15) is 5.82 Å². The standard InChI is InChI=1S/C16H13FN4O/c1-21-10-11(5-6-15(21)22)12-8-18-16(19-9-12)20-14-4-2-3-13(17)7-14/h2-10H,1H3,(H,18,19,20). The Morgan fingerprint density at radius 1 is 1.09 bits per heavy atom. The zero-order valence-electron chi connectivity index (χ0n) is 11.8. The third kappa shape index (κ3) is 3.01. The molecule has 5 nitrogen and oxygen atoms in total. The van der Waals surface area contributed by atoms with Gasteiger partial charge in [0.05, 0.1) is 0 Å². The molecule has 0 radical (unpaired) electrons. The molecule has 3 aromatic rings. The number of nitrogens with one attached hydrogen (secondary N) is 1. The first-order valence-corrected chi connectivity index (χ1v) is 6.63. The molecule has 22 heavy (non-hydrogen) atoms. The van der Waals surface area contributed by atoms with Crippen LogP contribution in [0.15, 0.2) is 59.8 Å². The first kappa shape index (κ1) is 13.9. The minimum Gasteiger partial charge on any atom is -0.324 e. The summed E-state index contributed by atoms with van der Waals surface area (Å²) in [5.41, 5.74) is 2.14. The quantitative estimate of drug-likeness (QED) is 0.807. The molecular weight excluding hydrogens is 283 g/mol. The van der Waals surface area contributed by atoms with Crippen LogP contribution in [0.5, 0.6) is 0 Å². The van der Waals surface area contributed by atoms with E-state index in [9.17, 15) is 9.18 Å². The van der Waals surface area contributed by atoms with Crippen molar-refractivity contribution >= 4 is 11.6 Å². The Balaban J connectivity index is 1.83. The van der Waals surface area contributed by atoms with E-state index in [4.69, 9.17) is 0 Å². The Bertz CT molecular complexity index is 859. The van der Waals surface area contributed by atoms with E-state index >= 15 is 0 Å². The molecule has 0 aliphatic carbocycles. The second kappa shape index (κ2) is 5.77. The van der Waals surface area contributed by atoms with E-state index in [1.807, 2.05) is 0 Å². The van der Waals surface area contributed by atoms with Crippen molar-refractivity contribution in [1.29, 1.82) is 0 Å². The van der Waals surface area contributed by atoms with Gasteiger partial charge in [0.25, 0.3) is 0 Å². The minimum atomic E-state index is -0.327. The van der Waals surface area contributed by atoms with E-state index in [2.05, 4.69) is 15.3 Å². The fourth-order valence-electron chi connectivity index (χ4n) is 2.00. The van der Waals surface area contributed by atoms with Crippen molar-refractivity contribution in [3.8, 4) is 11.1 Å². The van der Waals surface area contributed by atoms with Crippen LogP contribution in [0, 0.1) is 5.82 Å². The number of nitrogens with zero attached hydrogens (tertiary/aromatic N) is 3. The average molecular weight is 296 g/mol. The maximum atomic E-state index is 13.1. The van der Waals surface area contributed by atoms with Gasteiger partial charge in [-0.15, -0.1) is 0 Å². The van der Waals surface area contributed by atoms with Crippen LogP contribution in [-0.2, 0) is 7.05 Å². The molecule has 0 fully saturated rings. The Kier molecular flexibility index (Phi) is 3.65. The molecule has 2 aromatic heterocycles. The molecule has 0 spiro atoms. The van der Waals surface area contributed by atoms with E-state index in [0.29, 0.717) is 11.6 Å². The number of pyridine rings is 1. The van der Waals surface area contributed by atoms with Gasteiger partial charge in [-0.05, 0) is 24.3 Å². The molecule has 2 heterocycles. The van der Waals surface area contributed by atoms with Crippen molar-refractivity contribution < 1.29 is 4.39 Å². The van der Waals surface area contributed by atoms with Crippen LogP contribution in [0.1, 0.15) is 0 Å². The molecule has 0 aliphatic heterocycles. The van der Waals surface area contributed by atoms with Gasteiger partial charge in [0, 0.05) is 48.5 Å². The number of aryl methyl sites for hydroxylation is 1. The molecule has 0 saturated heterocycles. The lowest BCUT2D eigenvalue weighted by atomic mass is 10.1. The van der Waals surface area contributed by atoms with E-state index in [1.165, 1.54) is 22.8 Å². The predicted octanol–water partition coefficient (Wildman–Crippen LogP) is 2.73. The number of benzene rings is 1. The van der Waals surface area contributed by atoms with Crippen LogP contribution in [0.4, 0.5) is 16.0 Å². The first-order valence-electron chi connectivity index (χ1n) is 6.63. The molecule has 0 bridgehead atoms. The SMILES string of the molecule is Cn1cc(-c2cnc(Nc3cccc(F)c3)nc2)ccc1=O. The van der Waals surface area contributed by atoms with Gasteiger partial charge < -0.3 is 9.88 Å². The van der Waals surface area contributed by atoms with Crippen molar-refractivity contribution in [3.05, 3.63) is 71.2 Å². The molecular formula is C16H13FN4O. The highest BCUT2D eigenvalue weighted by Crippen LogP contribution is 2.18. The molecule has 6 heteroatoms. The zero-order chi connectivity index (χ0) is 15.5. The average Bonchev–Trinajstić information content (AvgIpc) is 2.51. The van der Waals surface area contributed by atoms with Gasteiger partial charge in [-0.1, -0.05) is 6.07 Å². The first-order chi connectivity index (χ1) is 10.6. The van der Waals surface area contributed by atoms with Gasteiger partial charge in [-0.2, -0.15) is 0 Å². The van der Waals surface area contributed by atoms with Crippen LogP contribution in [-0.4, -0.2) is 14.5 Å². The second-order valence-electron chi connectivity index (χ2n) is 4.80. The number of hydrogen-bond acceptors (Lipinski definition) is 4. The summed E-state index contributed by atoms with van der Waals surface area (Å²) >= 11 is 0. The summed E-state index contributed by atoms with van der Waals surface area (Å²) in [5, 5.41) is 2.93. The maximum Gasteiger partial charge on any atom is 0.250 e. The molecule has 0 amide bonds. The molecule has 1 aromatic carbocycles. The van der Waals surface area contributed by atoms with Crippen LogP contribution in [0.3, 0.4) is 0 Å². The maximum absolute atomic E-state index is 13.1. The number of halogens is 1. The third-order valence-electron chi connectivity index (χ3n) is 3.15. The number of hydrogen-bond donors (Lipinski definition) is 1. The van der Waals surface area contributed by atoms with Crippen molar-refractivity contribution in [3.63, 3.8) is 0 Å². The fourth-order valence-corrected chi connectivity index (χ4v) is 2.00. The molecule has 0 aliphatic rings. The summed E-state index contributed by atoms with van der Waals surface area (Å²) < 4.78 is 14.6. The van der Waals surface area contributed by atoms with Gasteiger partial charge in [-0.3, -0.25) is 4.79 Å². The van der Waals surface area contributed by atoms with E-state index in [1.54, 1.807) is 43.8 Å². The summed E-state index contributed by atoms with van der Waals surface area (Å²) in [5.74, 6) is 0.0472. The van der Waals surface area contributed by atoms with Crippen molar-refractivity contribution in [2.75, 3.05) is 5.32 Å². The summed E-state index contributed by atoms with van der Waals surface area (Å²) in [6, 6.07) is 9.29. The highest BCUT2D eigenvalue weighted by Gasteiger charge is 2.03. The fraction of sp³-hybridized carbons (Fsp3) is 0.0625. The molecule has 0 saturated carbocycles. The Hall–Kier alpha value is -3.02. The number of anilines is 2. The second-order valence-corrected chi connectivity index (χ2v) is 4.80. The lowest BCUT2D eigenvalue weighted by molar-refractivity contribution is 0.628. The van der Waals surface area contributed by atoms with Crippen molar-refractivity contribution in [1.82, 2.24) is 14.5 Å². The highest BCUT2D eigenvalue weighted by molar-refractivity contribution is 5.61. The van der Waals surface area contributed by atoms with Gasteiger partial charge in [0.2, 0.25) is 11.5 Å². The highest BCUT2D eigenvalue weighted by atomic mass is 19.1. The molecule has 3 rings (SSSR count). The normalized spacial score (nSPS) is 10.5. The smallest absolute Gasteiger partial charge is 0.250 e. The monoisotopic (exact) mass is 296 g/mol. The zero-order valence-corrected chi connectivity index (χ0v) is 11.8. The van der Waals surface area contributed by atoms with Gasteiger partial charge >= 0.3 is 0 Å². The summed E-state index contributed by atoms with van der Waals surface area (Å²) in [7, 11) is 1.69. The summed E-state index contributed by atoms with van der Waals surface area (Å²) in [6.07, 6.45) is 5.02. The van der Waals surface area contributed by atoms with E-state index in [-0.39, 0.29) is 11.4 Å². The summed E-state index contributed by atoms with van der Waals surface area (Å²) in [4.78, 5) is 19.8. The summed E-state index contributed by atoms with van der Waals surface area (Å²) in [6.45, 7) is 0. The third-order valence-corrected chi connectivity index (χ3v) is 3.15. The van der Waals surface area contributed by atoms with Crippen molar-refractivity contribution in [2.45, 2.75) is 0 Å². The van der Waals surface area contributed by atoms with Gasteiger partial charge in [0.15, 0.2) is 0 Å². The lowest BCUT2D eigenvalue weighted by Crippen LogP contribution is -2.13. The topological polar surface area (TPSA) is 59.8 Å². The number of aromatic nitrogens is 3. The predicted molar refractivity (Wildman–Crippen MR) is 82.4 cm³/mol. The molecule has 0 atom stereocenters. The van der Waals surface area contributed by atoms with Crippen molar-refractivity contribution in [2.24, 2.45) is 7.05 Å². The molecule has 1 N–H and O–H groups in total. The molecule has 0 unspecified atom stereocenters. The van der Waals surface area contributed by atoms with Crippen LogP contribution in [0.25, 0.3) is 11.1 Å². The Morgan fingerprint density at radius 3 is 2.55 bits per heavy atom. The van der Waals surface area contributed by atoms with Crippen LogP contribution in [0.2, 0.25) is 0 Å². The van der Waals surface area contributed by atoms with E-state index in [0.717, 1.165) is 11.1 Å². The van der Waals surface area contributed by atoms with E-state index < -0.39 is 0 Å². The Labute approximate surface area is 126 Å². The lowest BCUT2D eigenvalue weighted by Gasteiger charge is -2.06. The number of rotatable bonds is 3. The molecule has 110 valence electrons. The van der Waals surface area contributed by atoms with Crippen LogP contribution < -0.4 is 10.9 Å². The largest absolute Gasteiger partial charge is 0.324 e. The Morgan fingerprint density at radius 2 is 1.86 bits per heavy atom. The van der Waals surface area contributed by atoms with Crippen LogP contribution >= 0.6 is 0 Å².